The van der Waals surface area contributed by atoms with E-state index < -0.39 is 0 Å². The van der Waals surface area contributed by atoms with Crippen LogP contribution in [-0.4, -0.2) is 5.78 Å². The normalized spacial score (nSPS) is 8.79. The average Bonchev–Trinajstić information content (AvgIpc) is 2.26. The molecule has 14 heavy (non-hydrogen) atoms. The Labute approximate surface area is 82.2 Å². The highest BCUT2D eigenvalue weighted by Gasteiger charge is 2.13. The van der Waals surface area contributed by atoms with Crippen molar-refractivity contribution in [1.29, 1.82) is 10.5 Å². The number of nitrogens with zero attached hydrogens (tertiary/aromatic N) is 2. The van der Waals surface area contributed by atoms with Crippen LogP contribution in [0, 0.1) is 22.7 Å². The summed E-state index contributed by atoms with van der Waals surface area (Å²) in [6, 6.07) is 8.52. The fourth-order valence-electron chi connectivity index (χ4n) is 1.22. The number of nitriles is 2. The number of Topliss-reactive ketones (excluding diaryl/α,β-unsaturated/α-hetero) is 1. The molecule has 0 aliphatic carbocycles. The van der Waals surface area contributed by atoms with Gasteiger partial charge in [0.15, 0.2) is 5.78 Å². The molecule has 0 atom stereocenters. The molecule has 0 saturated carbocycles. The predicted octanol–water partition coefficient (Wildman–Crippen LogP) is 2.02. The summed E-state index contributed by atoms with van der Waals surface area (Å²) >= 11 is 0. The fraction of sp³-hybridized carbons (Fsp3) is 0.182. The van der Waals surface area contributed by atoms with E-state index in [4.69, 9.17) is 10.5 Å². The molecule has 0 aliphatic heterocycles. The lowest BCUT2D eigenvalue weighted by Gasteiger charge is -2.02. The van der Waals surface area contributed by atoms with Crippen LogP contribution in [0.25, 0.3) is 0 Å². The van der Waals surface area contributed by atoms with E-state index >= 15 is 0 Å². The molecule has 0 N–H and O–H groups in total. The summed E-state index contributed by atoms with van der Waals surface area (Å²) in [6.07, 6.45) is 0.299. The second-order valence-electron chi connectivity index (χ2n) is 2.73. The number of carbonyl (C=O) groups is 1. The van der Waals surface area contributed by atoms with Crippen LogP contribution >= 0.6 is 0 Å². The molecular weight excluding hydrogens is 176 g/mol. The van der Waals surface area contributed by atoms with E-state index in [0.717, 1.165) is 0 Å². The average molecular weight is 184 g/mol. The van der Waals surface area contributed by atoms with Crippen molar-refractivity contribution >= 4 is 5.78 Å². The molecule has 1 aromatic rings. The summed E-state index contributed by atoms with van der Waals surface area (Å²) in [7, 11) is 0. The van der Waals surface area contributed by atoms with Crippen molar-refractivity contribution in [3.05, 3.63) is 34.9 Å². The second kappa shape index (κ2) is 4.20. The molecule has 1 rings (SSSR count). The molecule has 1 aromatic carbocycles. The van der Waals surface area contributed by atoms with Crippen molar-refractivity contribution in [2.45, 2.75) is 13.3 Å². The molecule has 0 fully saturated rings. The minimum absolute atomic E-state index is 0.168. The standard InChI is InChI=1S/C11H8N2O/c1-2-10(14)11-8(6-12)4-3-5-9(11)7-13/h3-5H,2H2,1H3. The van der Waals surface area contributed by atoms with Crippen LogP contribution in [0.2, 0.25) is 0 Å². The molecule has 0 unspecified atom stereocenters. The van der Waals surface area contributed by atoms with Crippen molar-refractivity contribution in [2.24, 2.45) is 0 Å². The molecule has 0 aromatic heterocycles. The van der Waals surface area contributed by atoms with Gasteiger partial charge in [-0.2, -0.15) is 10.5 Å². The third kappa shape index (κ3) is 1.62. The first-order valence-electron chi connectivity index (χ1n) is 4.21. The Kier molecular flexibility index (Phi) is 2.99. The van der Waals surface area contributed by atoms with Gasteiger partial charge >= 0.3 is 0 Å². The SMILES string of the molecule is CCC(=O)c1c(C#N)cccc1C#N. The Morgan fingerprint density at radius 3 is 2.14 bits per heavy atom. The van der Waals surface area contributed by atoms with Gasteiger partial charge in [0.25, 0.3) is 0 Å². The van der Waals surface area contributed by atoms with Gasteiger partial charge in [0.2, 0.25) is 0 Å². The highest BCUT2D eigenvalue weighted by molar-refractivity contribution is 6.00. The van der Waals surface area contributed by atoms with Gasteiger partial charge in [0.1, 0.15) is 0 Å². The predicted molar refractivity (Wildman–Crippen MR) is 50.5 cm³/mol. The van der Waals surface area contributed by atoms with Gasteiger partial charge in [0.05, 0.1) is 28.8 Å². The topological polar surface area (TPSA) is 64.7 Å². The first-order valence-corrected chi connectivity index (χ1v) is 4.21. The molecule has 0 saturated heterocycles. The summed E-state index contributed by atoms with van der Waals surface area (Å²) in [6.45, 7) is 1.71. The van der Waals surface area contributed by atoms with E-state index in [2.05, 4.69) is 0 Å². The van der Waals surface area contributed by atoms with Crippen LogP contribution in [0.1, 0.15) is 34.8 Å². The Bertz CT molecular complexity index is 417. The van der Waals surface area contributed by atoms with Gasteiger partial charge in [-0.05, 0) is 12.1 Å². The zero-order valence-electron chi connectivity index (χ0n) is 7.74. The van der Waals surface area contributed by atoms with E-state index in [1.54, 1.807) is 25.1 Å². The van der Waals surface area contributed by atoms with E-state index in [9.17, 15) is 4.79 Å². The van der Waals surface area contributed by atoms with Gasteiger partial charge in [-0.15, -0.1) is 0 Å². The number of hydrogen-bond acceptors (Lipinski definition) is 3. The molecule has 0 heterocycles. The maximum atomic E-state index is 11.5. The highest BCUT2D eigenvalue weighted by atomic mass is 16.1. The molecule has 0 bridgehead atoms. The largest absolute Gasteiger partial charge is 0.294 e. The summed E-state index contributed by atoms with van der Waals surface area (Å²) in [4.78, 5) is 11.5. The van der Waals surface area contributed by atoms with Crippen LogP contribution in [0.15, 0.2) is 18.2 Å². The third-order valence-corrected chi connectivity index (χ3v) is 1.91. The number of carbonyl (C=O) groups excluding carboxylic acids is 1. The number of benzene rings is 1. The molecule has 3 nitrogen and oxygen atoms in total. The smallest absolute Gasteiger partial charge is 0.165 e. The zero-order valence-corrected chi connectivity index (χ0v) is 7.74. The lowest BCUT2D eigenvalue weighted by atomic mass is 9.97. The highest BCUT2D eigenvalue weighted by Crippen LogP contribution is 2.15. The second-order valence-corrected chi connectivity index (χ2v) is 2.73. The monoisotopic (exact) mass is 184 g/mol. The van der Waals surface area contributed by atoms with Crippen molar-refractivity contribution < 1.29 is 4.79 Å². The molecular formula is C11H8N2O. The van der Waals surface area contributed by atoms with Crippen molar-refractivity contribution in [3.8, 4) is 12.1 Å². The lowest BCUT2D eigenvalue weighted by molar-refractivity contribution is 0.0987. The summed E-state index contributed by atoms with van der Waals surface area (Å²) < 4.78 is 0. The minimum Gasteiger partial charge on any atom is -0.294 e. The van der Waals surface area contributed by atoms with Gasteiger partial charge in [-0.3, -0.25) is 4.79 Å². The summed E-state index contributed by atoms with van der Waals surface area (Å²) in [5.74, 6) is -0.168. The van der Waals surface area contributed by atoms with E-state index in [1.807, 2.05) is 12.1 Å². The maximum absolute atomic E-state index is 11.5. The first-order chi connectivity index (χ1) is 6.74. The molecule has 0 radical (unpaired) electrons. The first kappa shape index (κ1) is 9.95. The van der Waals surface area contributed by atoms with Crippen molar-refractivity contribution in [1.82, 2.24) is 0 Å². The van der Waals surface area contributed by atoms with Crippen LogP contribution in [0.3, 0.4) is 0 Å². The molecule has 0 spiro atoms. The molecule has 0 aliphatic rings. The number of hydrogen-bond donors (Lipinski definition) is 0. The van der Waals surface area contributed by atoms with Gasteiger partial charge < -0.3 is 0 Å². The van der Waals surface area contributed by atoms with E-state index in [0.29, 0.717) is 6.42 Å². The van der Waals surface area contributed by atoms with Crippen LogP contribution < -0.4 is 0 Å². The molecule has 68 valence electrons. The number of ketones is 1. The Hall–Kier alpha value is -2.13. The van der Waals surface area contributed by atoms with Crippen LogP contribution in [0.4, 0.5) is 0 Å². The third-order valence-electron chi connectivity index (χ3n) is 1.91. The molecule has 0 amide bonds. The van der Waals surface area contributed by atoms with Crippen molar-refractivity contribution in [2.75, 3.05) is 0 Å². The van der Waals surface area contributed by atoms with E-state index in [-0.39, 0.29) is 22.5 Å². The van der Waals surface area contributed by atoms with Gasteiger partial charge in [-0.1, -0.05) is 13.0 Å². The fourth-order valence-corrected chi connectivity index (χ4v) is 1.22. The quantitative estimate of drug-likeness (QED) is 0.660. The van der Waals surface area contributed by atoms with Crippen molar-refractivity contribution in [3.63, 3.8) is 0 Å². The lowest BCUT2D eigenvalue weighted by Crippen LogP contribution is -2.03. The van der Waals surface area contributed by atoms with Gasteiger partial charge in [0, 0.05) is 6.42 Å². The minimum atomic E-state index is -0.168. The summed E-state index contributed by atoms with van der Waals surface area (Å²) in [5, 5.41) is 17.5. The summed E-state index contributed by atoms with van der Waals surface area (Å²) in [5.41, 5.74) is 0.798. The Balaban J connectivity index is 3.45. The maximum Gasteiger partial charge on any atom is 0.165 e. The van der Waals surface area contributed by atoms with E-state index in [1.165, 1.54) is 0 Å². The molecule has 3 heteroatoms. The Morgan fingerprint density at radius 2 is 1.79 bits per heavy atom. The van der Waals surface area contributed by atoms with Crippen LogP contribution in [-0.2, 0) is 0 Å². The Morgan fingerprint density at radius 1 is 1.29 bits per heavy atom. The van der Waals surface area contributed by atoms with Crippen LogP contribution in [0.5, 0.6) is 0 Å². The number of rotatable bonds is 2. The van der Waals surface area contributed by atoms with Gasteiger partial charge in [-0.25, -0.2) is 0 Å². The zero-order chi connectivity index (χ0) is 10.6.